The highest BCUT2D eigenvalue weighted by atomic mass is 35.5. The Hall–Kier alpha value is -1.30. The molecule has 88 valence electrons. The Morgan fingerprint density at radius 2 is 2.18 bits per heavy atom. The van der Waals surface area contributed by atoms with E-state index in [-0.39, 0.29) is 5.88 Å². The van der Waals surface area contributed by atoms with E-state index in [2.05, 4.69) is 9.69 Å². The predicted octanol–water partition coefficient (Wildman–Crippen LogP) is 3.90. The second kappa shape index (κ2) is 4.91. The molecule has 1 aromatic carbocycles. The maximum atomic E-state index is 9.38. The first-order valence-electron chi connectivity index (χ1n) is 4.53. The SMILES string of the molecule is N=Cc1c(O)nsc1Nc1cccc(Cl)c1Cl. The summed E-state index contributed by atoms with van der Waals surface area (Å²) in [5.41, 5.74) is 0.928. The van der Waals surface area contributed by atoms with E-state index in [0.717, 1.165) is 17.7 Å². The van der Waals surface area contributed by atoms with Gasteiger partial charge in [0.2, 0.25) is 5.88 Å². The van der Waals surface area contributed by atoms with E-state index in [1.807, 2.05) is 0 Å². The highest BCUT2D eigenvalue weighted by Gasteiger charge is 2.12. The zero-order valence-corrected chi connectivity index (χ0v) is 10.7. The first-order chi connectivity index (χ1) is 8.13. The minimum atomic E-state index is -0.175. The molecule has 0 unspecified atom stereocenters. The summed E-state index contributed by atoms with van der Waals surface area (Å²) in [5.74, 6) is -0.175. The number of benzene rings is 1. The van der Waals surface area contributed by atoms with E-state index < -0.39 is 0 Å². The van der Waals surface area contributed by atoms with Gasteiger partial charge in [0.25, 0.3) is 0 Å². The van der Waals surface area contributed by atoms with Crippen LogP contribution >= 0.6 is 34.7 Å². The molecule has 17 heavy (non-hydrogen) atoms. The van der Waals surface area contributed by atoms with Gasteiger partial charge in [0.1, 0.15) is 5.00 Å². The van der Waals surface area contributed by atoms with Crippen molar-refractivity contribution in [2.45, 2.75) is 0 Å². The van der Waals surface area contributed by atoms with Gasteiger partial charge in [-0.15, -0.1) is 0 Å². The lowest BCUT2D eigenvalue weighted by molar-refractivity contribution is 0.459. The van der Waals surface area contributed by atoms with Gasteiger partial charge in [-0.1, -0.05) is 29.3 Å². The Balaban J connectivity index is 2.38. The second-order valence-electron chi connectivity index (χ2n) is 3.12. The molecule has 0 radical (unpaired) electrons. The third-order valence-electron chi connectivity index (χ3n) is 2.05. The fourth-order valence-electron chi connectivity index (χ4n) is 1.23. The average molecular weight is 288 g/mol. The molecular weight excluding hydrogens is 281 g/mol. The summed E-state index contributed by atoms with van der Waals surface area (Å²) in [4.78, 5) is 0. The zero-order valence-electron chi connectivity index (χ0n) is 8.37. The van der Waals surface area contributed by atoms with E-state index >= 15 is 0 Å². The monoisotopic (exact) mass is 287 g/mol. The second-order valence-corrected chi connectivity index (χ2v) is 4.68. The number of nitrogens with zero attached hydrogens (tertiary/aromatic N) is 1. The van der Waals surface area contributed by atoms with Crippen molar-refractivity contribution in [3.63, 3.8) is 0 Å². The summed E-state index contributed by atoms with van der Waals surface area (Å²) in [5, 5.41) is 20.9. The van der Waals surface area contributed by atoms with Crippen molar-refractivity contribution in [3.8, 4) is 5.88 Å². The Morgan fingerprint density at radius 1 is 1.41 bits per heavy atom. The molecule has 0 aliphatic carbocycles. The number of hydrogen-bond acceptors (Lipinski definition) is 5. The normalized spacial score (nSPS) is 10.2. The van der Waals surface area contributed by atoms with Crippen molar-refractivity contribution < 1.29 is 5.11 Å². The Bertz CT molecular complexity index is 571. The molecule has 0 saturated heterocycles. The Labute approximate surface area is 111 Å². The summed E-state index contributed by atoms with van der Waals surface area (Å²) in [6.45, 7) is 0. The van der Waals surface area contributed by atoms with Gasteiger partial charge in [-0.3, -0.25) is 0 Å². The zero-order chi connectivity index (χ0) is 12.4. The van der Waals surface area contributed by atoms with Gasteiger partial charge >= 0.3 is 0 Å². The number of aromatic hydroxyl groups is 1. The van der Waals surface area contributed by atoms with Crippen LogP contribution in [0.3, 0.4) is 0 Å². The molecule has 1 aromatic heterocycles. The van der Waals surface area contributed by atoms with Gasteiger partial charge in [0.05, 0.1) is 21.3 Å². The third-order valence-corrected chi connectivity index (χ3v) is 3.64. The maximum absolute atomic E-state index is 9.38. The Morgan fingerprint density at radius 3 is 2.88 bits per heavy atom. The third kappa shape index (κ3) is 2.36. The van der Waals surface area contributed by atoms with Crippen molar-refractivity contribution >= 4 is 51.6 Å². The van der Waals surface area contributed by atoms with Crippen molar-refractivity contribution in [2.24, 2.45) is 0 Å². The summed E-state index contributed by atoms with van der Waals surface area (Å²) in [7, 11) is 0. The number of halogens is 2. The number of nitrogens with one attached hydrogen (secondary N) is 2. The van der Waals surface area contributed by atoms with Crippen LogP contribution in [0.4, 0.5) is 10.7 Å². The molecule has 0 fully saturated rings. The van der Waals surface area contributed by atoms with E-state index in [0.29, 0.717) is 26.3 Å². The Kier molecular flexibility index (Phi) is 3.51. The first-order valence-corrected chi connectivity index (χ1v) is 6.06. The molecule has 0 amide bonds. The van der Waals surface area contributed by atoms with E-state index in [1.54, 1.807) is 18.2 Å². The number of anilines is 2. The summed E-state index contributed by atoms with van der Waals surface area (Å²) in [6, 6.07) is 5.18. The van der Waals surface area contributed by atoms with Gasteiger partial charge < -0.3 is 15.8 Å². The van der Waals surface area contributed by atoms with E-state index in [9.17, 15) is 5.11 Å². The van der Waals surface area contributed by atoms with Crippen LogP contribution in [0.15, 0.2) is 18.2 Å². The van der Waals surface area contributed by atoms with Gasteiger partial charge in [0.15, 0.2) is 0 Å². The quantitative estimate of drug-likeness (QED) is 0.750. The maximum Gasteiger partial charge on any atom is 0.233 e. The predicted molar refractivity (Wildman–Crippen MR) is 71.4 cm³/mol. The summed E-state index contributed by atoms with van der Waals surface area (Å²) >= 11 is 12.9. The summed E-state index contributed by atoms with van der Waals surface area (Å²) in [6.07, 6.45) is 1.03. The van der Waals surface area contributed by atoms with Crippen LogP contribution in [0.5, 0.6) is 5.88 Å². The van der Waals surface area contributed by atoms with Gasteiger partial charge in [-0.2, -0.15) is 4.37 Å². The van der Waals surface area contributed by atoms with E-state index in [1.165, 1.54) is 0 Å². The van der Waals surface area contributed by atoms with Crippen LogP contribution < -0.4 is 5.32 Å². The minimum Gasteiger partial charge on any atom is -0.492 e. The minimum absolute atomic E-state index is 0.175. The standard InChI is InChI=1S/C10H7Cl2N3OS/c11-6-2-1-3-7(8(6)12)14-10-5(4-13)9(16)15-17-10/h1-4,13-14H,(H,15,16). The lowest BCUT2D eigenvalue weighted by Gasteiger charge is -2.07. The van der Waals surface area contributed by atoms with E-state index in [4.69, 9.17) is 28.6 Å². The number of rotatable bonds is 3. The summed E-state index contributed by atoms with van der Waals surface area (Å²) < 4.78 is 3.74. The molecule has 0 aliphatic rings. The highest BCUT2D eigenvalue weighted by molar-refractivity contribution is 7.10. The number of aromatic nitrogens is 1. The van der Waals surface area contributed by atoms with Crippen LogP contribution in [0.25, 0.3) is 0 Å². The lowest BCUT2D eigenvalue weighted by atomic mass is 10.3. The first kappa shape index (κ1) is 12.2. The molecule has 2 rings (SSSR count). The fourth-order valence-corrected chi connectivity index (χ4v) is 2.26. The molecule has 0 aliphatic heterocycles. The smallest absolute Gasteiger partial charge is 0.233 e. The molecule has 0 bridgehead atoms. The van der Waals surface area contributed by atoms with Crippen molar-refractivity contribution in [1.29, 1.82) is 5.41 Å². The largest absolute Gasteiger partial charge is 0.492 e. The fraction of sp³-hybridized carbons (Fsp3) is 0. The molecule has 2 aromatic rings. The van der Waals surface area contributed by atoms with Crippen LogP contribution in [-0.2, 0) is 0 Å². The van der Waals surface area contributed by atoms with Crippen molar-refractivity contribution in [2.75, 3.05) is 5.32 Å². The molecule has 0 atom stereocenters. The van der Waals surface area contributed by atoms with Gasteiger partial charge in [0, 0.05) is 6.21 Å². The molecule has 4 nitrogen and oxygen atoms in total. The average Bonchev–Trinajstić information content (AvgIpc) is 2.66. The van der Waals surface area contributed by atoms with Crippen molar-refractivity contribution in [1.82, 2.24) is 4.37 Å². The molecular formula is C10H7Cl2N3OS. The van der Waals surface area contributed by atoms with Gasteiger partial charge in [-0.05, 0) is 23.7 Å². The van der Waals surface area contributed by atoms with Crippen LogP contribution in [-0.4, -0.2) is 15.7 Å². The molecule has 7 heteroatoms. The van der Waals surface area contributed by atoms with Crippen LogP contribution in [0.2, 0.25) is 10.0 Å². The molecule has 1 heterocycles. The number of hydrogen-bond donors (Lipinski definition) is 3. The molecule has 3 N–H and O–H groups in total. The molecule has 0 saturated carbocycles. The van der Waals surface area contributed by atoms with Gasteiger partial charge in [-0.25, -0.2) is 0 Å². The highest BCUT2D eigenvalue weighted by Crippen LogP contribution is 2.35. The molecule has 0 spiro atoms. The lowest BCUT2D eigenvalue weighted by Crippen LogP contribution is -1.92. The van der Waals surface area contributed by atoms with Crippen LogP contribution in [0, 0.1) is 5.41 Å². The van der Waals surface area contributed by atoms with Crippen molar-refractivity contribution in [3.05, 3.63) is 33.8 Å². The van der Waals surface area contributed by atoms with Crippen LogP contribution in [0.1, 0.15) is 5.56 Å². The topological polar surface area (TPSA) is 69.0 Å².